The fourth-order valence-corrected chi connectivity index (χ4v) is 2.57. The number of rotatable bonds is 7. The number of carbonyl (C=O) groups is 1. The molecule has 0 bridgehead atoms. The molecule has 1 amide bonds. The van der Waals surface area contributed by atoms with Crippen molar-refractivity contribution in [1.29, 1.82) is 0 Å². The van der Waals surface area contributed by atoms with Crippen molar-refractivity contribution in [3.63, 3.8) is 0 Å². The molecule has 0 saturated carbocycles. The number of carbonyl (C=O) groups excluding carboxylic acids is 1. The van der Waals surface area contributed by atoms with Crippen LogP contribution in [-0.4, -0.2) is 36.7 Å². The maximum Gasteiger partial charge on any atom is 0.248 e. The maximum atomic E-state index is 11.9. The van der Waals surface area contributed by atoms with E-state index in [2.05, 4.69) is 31.4 Å². The molecule has 4 atom stereocenters. The summed E-state index contributed by atoms with van der Waals surface area (Å²) in [4.78, 5) is 11.9. The highest BCUT2D eigenvalue weighted by molar-refractivity contribution is 5.80. The largest absolute Gasteiger partial charge is 0.364 e. The molecule has 2 N–H and O–H groups in total. The second kappa shape index (κ2) is 8.54. The minimum Gasteiger partial charge on any atom is -0.364 e. The van der Waals surface area contributed by atoms with Crippen molar-refractivity contribution in [3.8, 4) is 0 Å². The molecular weight excluding hydrogens is 240 g/mol. The number of amides is 1. The predicted molar refractivity (Wildman–Crippen MR) is 78.2 cm³/mol. The first kappa shape index (κ1) is 16.4. The number of unbranched alkanes of at least 4 members (excludes halogenated alkanes) is 1. The van der Waals surface area contributed by atoms with Crippen molar-refractivity contribution in [2.24, 2.45) is 0 Å². The molecule has 1 heterocycles. The summed E-state index contributed by atoms with van der Waals surface area (Å²) in [5.74, 6) is 0.0157. The molecule has 4 unspecified atom stereocenters. The number of piperidine rings is 1. The Morgan fingerprint density at radius 2 is 2.16 bits per heavy atom. The van der Waals surface area contributed by atoms with E-state index in [0.29, 0.717) is 12.1 Å². The molecule has 19 heavy (non-hydrogen) atoms. The van der Waals surface area contributed by atoms with Gasteiger partial charge in [-0.2, -0.15) is 0 Å². The molecule has 0 aliphatic carbocycles. The van der Waals surface area contributed by atoms with Crippen LogP contribution in [0, 0.1) is 0 Å². The van der Waals surface area contributed by atoms with Gasteiger partial charge in [-0.1, -0.05) is 20.3 Å². The monoisotopic (exact) mass is 270 g/mol. The van der Waals surface area contributed by atoms with Gasteiger partial charge >= 0.3 is 0 Å². The van der Waals surface area contributed by atoms with Crippen LogP contribution in [0.4, 0.5) is 0 Å². The van der Waals surface area contributed by atoms with E-state index in [0.717, 1.165) is 38.6 Å². The summed E-state index contributed by atoms with van der Waals surface area (Å²) in [7, 11) is 0. The molecular formula is C15H30N2O2. The number of ether oxygens (including phenoxy) is 1. The lowest BCUT2D eigenvalue weighted by Crippen LogP contribution is -2.52. The SMILES string of the molecule is CCCCNC(=O)C(C)OC1CCC(C)NC1CC. The highest BCUT2D eigenvalue weighted by atomic mass is 16.5. The Labute approximate surface area is 117 Å². The van der Waals surface area contributed by atoms with Crippen LogP contribution >= 0.6 is 0 Å². The van der Waals surface area contributed by atoms with Gasteiger partial charge in [-0.15, -0.1) is 0 Å². The maximum absolute atomic E-state index is 11.9. The van der Waals surface area contributed by atoms with Gasteiger partial charge in [-0.3, -0.25) is 4.79 Å². The Morgan fingerprint density at radius 3 is 2.79 bits per heavy atom. The number of hydrogen-bond acceptors (Lipinski definition) is 3. The highest BCUT2D eigenvalue weighted by Crippen LogP contribution is 2.20. The zero-order valence-corrected chi connectivity index (χ0v) is 12.9. The van der Waals surface area contributed by atoms with Crippen LogP contribution in [-0.2, 0) is 9.53 Å². The average Bonchev–Trinajstić information content (AvgIpc) is 2.40. The Kier molecular flexibility index (Phi) is 7.39. The van der Waals surface area contributed by atoms with Gasteiger partial charge < -0.3 is 15.4 Å². The standard InChI is InChI=1S/C15H30N2O2/c1-5-7-10-16-15(18)12(4)19-14-9-8-11(3)17-13(14)6-2/h11-14,17H,5-10H2,1-4H3,(H,16,18). The summed E-state index contributed by atoms with van der Waals surface area (Å²) in [6.45, 7) is 9.09. The molecule has 1 fully saturated rings. The fourth-order valence-electron chi connectivity index (χ4n) is 2.57. The molecule has 0 aromatic carbocycles. The molecule has 0 aromatic heterocycles. The van der Waals surface area contributed by atoms with E-state index in [1.54, 1.807) is 0 Å². The van der Waals surface area contributed by atoms with Crippen molar-refractivity contribution < 1.29 is 9.53 Å². The average molecular weight is 270 g/mol. The summed E-state index contributed by atoms with van der Waals surface area (Å²) in [6, 6.07) is 0.924. The van der Waals surface area contributed by atoms with Crippen LogP contribution in [0.3, 0.4) is 0 Å². The zero-order chi connectivity index (χ0) is 14.3. The van der Waals surface area contributed by atoms with Crippen molar-refractivity contribution in [2.45, 2.75) is 84.1 Å². The number of hydrogen-bond donors (Lipinski definition) is 2. The van der Waals surface area contributed by atoms with Gasteiger partial charge in [0.1, 0.15) is 6.10 Å². The quantitative estimate of drug-likeness (QED) is 0.698. The zero-order valence-electron chi connectivity index (χ0n) is 12.9. The second-order valence-electron chi connectivity index (χ2n) is 5.62. The third-order valence-corrected chi connectivity index (χ3v) is 3.85. The van der Waals surface area contributed by atoms with Gasteiger partial charge in [0.15, 0.2) is 0 Å². The Bertz CT molecular complexity index is 271. The Hall–Kier alpha value is -0.610. The van der Waals surface area contributed by atoms with Crippen LogP contribution < -0.4 is 10.6 Å². The summed E-state index contributed by atoms with van der Waals surface area (Å²) >= 11 is 0. The summed E-state index contributed by atoms with van der Waals surface area (Å²) < 4.78 is 5.96. The molecule has 1 saturated heterocycles. The van der Waals surface area contributed by atoms with Crippen LogP contribution in [0.5, 0.6) is 0 Å². The summed E-state index contributed by atoms with van der Waals surface area (Å²) in [5.41, 5.74) is 0. The minimum atomic E-state index is -0.355. The molecule has 4 nitrogen and oxygen atoms in total. The van der Waals surface area contributed by atoms with Gasteiger partial charge in [0.25, 0.3) is 0 Å². The van der Waals surface area contributed by atoms with Gasteiger partial charge in [-0.05, 0) is 39.5 Å². The van der Waals surface area contributed by atoms with Gasteiger partial charge in [0.05, 0.1) is 6.10 Å². The van der Waals surface area contributed by atoms with E-state index >= 15 is 0 Å². The van der Waals surface area contributed by atoms with E-state index in [9.17, 15) is 4.79 Å². The van der Waals surface area contributed by atoms with Crippen molar-refractivity contribution in [3.05, 3.63) is 0 Å². The molecule has 0 spiro atoms. The van der Waals surface area contributed by atoms with E-state index in [4.69, 9.17) is 4.74 Å². The summed E-state index contributed by atoms with van der Waals surface area (Å²) in [6.07, 6.45) is 5.12. The first-order chi connectivity index (χ1) is 9.08. The first-order valence-corrected chi connectivity index (χ1v) is 7.77. The summed E-state index contributed by atoms with van der Waals surface area (Å²) in [5, 5.41) is 6.49. The third kappa shape index (κ3) is 5.49. The van der Waals surface area contributed by atoms with Crippen LogP contribution in [0.25, 0.3) is 0 Å². The van der Waals surface area contributed by atoms with Crippen LogP contribution in [0.1, 0.15) is 59.8 Å². The molecule has 1 rings (SSSR count). The second-order valence-corrected chi connectivity index (χ2v) is 5.62. The molecule has 0 radical (unpaired) electrons. The van der Waals surface area contributed by atoms with Crippen LogP contribution in [0.2, 0.25) is 0 Å². The Balaban J connectivity index is 2.37. The Morgan fingerprint density at radius 1 is 1.42 bits per heavy atom. The highest BCUT2D eigenvalue weighted by Gasteiger charge is 2.30. The fraction of sp³-hybridized carbons (Fsp3) is 0.933. The minimum absolute atomic E-state index is 0.0157. The normalized spacial score (nSPS) is 28.9. The van der Waals surface area contributed by atoms with Gasteiger partial charge in [0.2, 0.25) is 5.91 Å². The molecule has 4 heteroatoms. The third-order valence-electron chi connectivity index (χ3n) is 3.85. The molecule has 1 aliphatic heterocycles. The molecule has 1 aliphatic rings. The van der Waals surface area contributed by atoms with E-state index in [-0.39, 0.29) is 18.1 Å². The topological polar surface area (TPSA) is 50.4 Å². The lowest BCUT2D eigenvalue weighted by Gasteiger charge is -2.36. The van der Waals surface area contributed by atoms with Gasteiger partial charge in [0, 0.05) is 18.6 Å². The van der Waals surface area contributed by atoms with E-state index < -0.39 is 0 Å². The van der Waals surface area contributed by atoms with Crippen LogP contribution in [0.15, 0.2) is 0 Å². The van der Waals surface area contributed by atoms with Gasteiger partial charge in [-0.25, -0.2) is 0 Å². The van der Waals surface area contributed by atoms with E-state index in [1.165, 1.54) is 0 Å². The first-order valence-electron chi connectivity index (χ1n) is 7.77. The molecule has 112 valence electrons. The smallest absolute Gasteiger partial charge is 0.248 e. The predicted octanol–water partition coefficient (Wildman–Crippen LogP) is 2.23. The number of nitrogens with one attached hydrogen (secondary N) is 2. The lowest BCUT2D eigenvalue weighted by atomic mass is 9.94. The molecule has 0 aromatic rings. The van der Waals surface area contributed by atoms with Crippen molar-refractivity contribution in [1.82, 2.24) is 10.6 Å². The van der Waals surface area contributed by atoms with Crippen molar-refractivity contribution in [2.75, 3.05) is 6.54 Å². The van der Waals surface area contributed by atoms with Crippen molar-refractivity contribution >= 4 is 5.91 Å². The lowest BCUT2D eigenvalue weighted by molar-refractivity contribution is -0.138. The van der Waals surface area contributed by atoms with E-state index in [1.807, 2.05) is 6.92 Å².